The van der Waals surface area contributed by atoms with Crippen LogP contribution in [-0.4, -0.2) is 16.0 Å². The van der Waals surface area contributed by atoms with E-state index in [2.05, 4.69) is 10.3 Å². The van der Waals surface area contributed by atoms with Crippen LogP contribution in [0, 0.1) is 5.82 Å². The summed E-state index contributed by atoms with van der Waals surface area (Å²) in [6, 6.07) is 9.01. The van der Waals surface area contributed by atoms with E-state index in [-0.39, 0.29) is 18.3 Å². The monoisotopic (exact) mass is 260 g/mol. The lowest BCUT2D eigenvalue weighted by Crippen LogP contribution is -2.23. The number of halogens is 1. The summed E-state index contributed by atoms with van der Waals surface area (Å²) in [4.78, 5) is 15.8. The largest absolute Gasteiger partial charge is 0.390 e. The topological polar surface area (TPSA) is 62.2 Å². The second-order valence-corrected chi connectivity index (χ2v) is 4.00. The summed E-state index contributed by atoms with van der Waals surface area (Å²) in [6.45, 7) is 0.106. The number of aromatic nitrogens is 1. The molecule has 1 amide bonds. The summed E-state index contributed by atoms with van der Waals surface area (Å²) < 4.78 is 12.7. The normalized spacial score (nSPS) is 10.2. The maximum Gasteiger partial charge on any atom is 0.251 e. The van der Waals surface area contributed by atoms with E-state index in [9.17, 15) is 9.18 Å². The standard InChI is InChI=1S/C14H13FN2O2/c15-12-3-1-10(2-4-12)8-17-14(19)11-5-6-16-13(7-11)9-18/h1-7,18H,8-9H2,(H,17,19). The number of hydrogen-bond donors (Lipinski definition) is 2. The van der Waals surface area contributed by atoms with E-state index >= 15 is 0 Å². The van der Waals surface area contributed by atoms with E-state index in [1.165, 1.54) is 24.4 Å². The van der Waals surface area contributed by atoms with Crippen LogP contribution in [0.2, 0.25) is 0 Å². The molecule has 0 atom stereocenters. The van der Waals surface area contributed by atoms with Crippen LogP contribution >= 0.6 is 0 Å². The number of nitrogens with one attached hydrogen (secondary N) is 1. The van der Waals surface area contributed by atoms with E-state index in [1.807, 2.05) is 0 Å². The number of nitrogens with zero attached hydrogens (tertiary/aromatic N) is 1. The van der Waals surface area contributed by atoms with Crippen LogP contribution in [0.4, 0.5) is 4.39 Å². The van der Waals surface area contributed by atoms with Crippen LogP contribution in [0.3, 0.4) is 0 Å². The van der Waals surface area contributed by atoms with Crippen LogP contribution in [-0.2, 0) is 13.2 Å². The summed E-state index contributed by atoms with van der Waals surface area (Å²) >= 11 is 0. The minimum atomic E-state index is -0.309. The van der Waals surface area contributed by atoms with Gasteiger partial charge in [-0.3, -0.25) is 9.78 Å². The molecule has 1 aromatic heterocycles. The van der Waals surface area contributed by atoms with Crippen LogP contribution in [0.1, 0.15) is 21.6 Å². The molecule has 98 valence electrons. The average Bonchev–Trinajstić information content (AvgIpc) is 2.46. The van der Waals surface area contributed by atoms with Gasteiger partial charge in [0.15, 0.2) is 0 Å². The highest BCUT2D eigenvalue weighted by Gasteiger charge is 2.06. The molecule has 0 aliphatic heterocycles. The molecule has 0 radical (unpaired) electrons. The zero-order valence-electron chi connectivity index (χ0n) is 10.1. The van der Waals surface area contributed by atoms with Crippen LogP contribution in [0.5, 0.6) is 0 Å². The summed E-state index contributed by atoms with van der Waals surface area (Å²) in [5.41, 5.74) is 1.68. The van der Waals surface area contributed by atoms with E-state index < -0.39 is 0 Å². The molecule has 2 aromatic rings. The maximum atomic E-state index is 12.7. The van der Waals surface area contributed by atoms with Crippen molar-refractivity contribution >= 4 is 5.91 Å². The van der Waals surface area contributed by atoms with Crippen molar-refractivity contribution in [2.24, 2.45) is 0 Å². The molecule has 0 aliphatic rings. The highest BCUT2D eigenvalue weighted by atomic mass is 19.1. The number of rotatable bonds is 4. The number of carbonyl (C=O) groups excluding carboxylic acids is 1. The van der Waals surface area contributed by atoms with Gasteiger partial charge in [-0.15, -0.1) is 0 Å². The molecule has 1 aromatic carbocycles. The Morgan fingerprint density at radius 2 is 2.00 bits per heavy atom. The summed E-state index contributed by atoms with van der Waals surface area (Å²) in [7, 11) is 0. The second-order valence-electron chi connectivity index (χ2n) is 4.00. The van der Waals surface area contributed by atoms with Crippen LogP contribution in [0.25, 0.3) is 0 Å². The molecule has 1 heterocycles. The predicted octanol–water partition coefficient (Wildman–Crippen LogP) is 1.64. The van der Waals surface area contributed by atoms with Gasteiger partial charge in [-0.25, -0.2) is 4.39 Å². The molecule has 0 fully saturated rings. The number of pyridine rings is 1. The Labute approximate surface area is 109 Å². The zero-order valence-corrected chi connectivity index (χ0v) is 10.1. The summed E-state index contributed by atoms with van der Waals surface area (Å²) in [5.74, 6) is -0.571. The van der Waals surface area contributed by atoms with E-state index in [4.69, 9.17) is 5.11 Å². The highest BCUT2D eigenvalue weighted by Crippen LogP contribution is 2.05. The highest BCUT2D eigenvalue weighted by molar-refractivity contribution is 5.94. The van der Waals surface area contributed by atoms with Gasteiger partial charge >= 0.3 is 0 Å². The number of aliphatic hydroxyl groups excluding tert-OH is 1. The molecule has 0 saturated carbocycles. The van der Waals surface area contributed by atoms with Gasteiger partial charge in [0.05, 0.1) is 12.3 Å². The zero-order chi connectivity index (χ0) is 13.7. The Hall–Kier alpha value is -2.27. The van der Waals surface area contributed by atoms with E-state index in [0.29, 0.717) is 17.8 Å². The van der Waals surface area contributed by atoms with Crippen molar-refractivity contribution in [2.75, 3.05) is 0 Å². The van der Waals surface area contributed by atoms with Crippen molar-refractivity contribution in [2.45, 2.75) is 13.2 Å². The van der Waals surface area contributed by atoms with Gasteiger partial charge < -0.3 is 10.4 Å². The SMILES string of the molecule is O=C(NCc1ccc(F)cc1)c1ccnc(CO)c1. The van der Waals surface area contributed by atoms with Crippen LogP contribution in [0.15, 0.2) is 42.6 Å². The third-order valence-corrected chi connectivity index (χ3v) is 2.61. The van der Waals surface area contributed by atoms with Gasteiger partial charge in [0, 0.05) is 18.3 Å². The first-order valence-electron chi connectivity index (χ1n) is 5.77. The predicted molar refractivity (Wildman–Crippen MR) is 67.7 cm³/mol. The average molecular weight is 260 g/mol. The number of aliphatic hydroxyl groups is 1. The summed E-state index contributed by atoms with van der Waals surface area (Å²) in [6.07, 6.45) is 1.47. The first-order chi connectivity index (χ1) is 9.19. The van der Waals surface area contributed by atoms with E-state index in [0.717, 1.165) is 5.56 Å². The van der Waals surface area contributed by atoms with Gasteiger partial charge in [0.1, 0.15) is 5.82 Å². The second kappa shape index (κ2) is 6.06. The van der Waals surface area contributed by atoms with E-state index in [1.54, 1.807) is 18.2 Å². The van der Waals surface area contributed by atoms with Crippen molar-refractivity contribution in [3.05, 3.63) is 65.2 Å². The Bertz CT molecular complexity index is 570. The molecule has 5 heteroatoms. The minimum Gasteiger partial charge on any atom is -0.390 e. The fourth-order valence-electron chi connectivity index (χ4n) is 1.59. The van der Waals surface area contributed by atoms with Gasteiger partial charge in [0.25, 0.3) is 5.91 Å². The van der Waals surface area contributed by atoms with Crippen molar-refractivity contribution in [3.8, 4) is 0 Å². The van der Waals surface area contributed by atoms with Crippen molar-refractivity contribution in [1.82, 2.24) is 10.3 Å². The lowest BCUT2D eigenvalue weighted by atomic mass is 10.2. The van der Waals surface area contributed by atoms with Gasteiger partial charge in [-0.05, 0) is 29.8 Å². The Balaban J connectivity index is 1.99. The third kappa shape index (κ3) is 3.59. The molecule has 2 N–H and O–H groups in total. The van der Waals surface area contributed by atoms with Crippen LogP contribution < -0.4 is 5.32 Å². The molecular weight excluding hydrogens is 247 g/mol. The smallest absolute Gasteiger partial charge is 0.251 e. The third-order valence-electron chi connectivity index (χ3n) is 2.61. The molecule has 2 rings (SSSR count). The Kier molecular flexibility index (Phi) is 4.20. The molecule has 0 bridgehead atoms. The molecule has 4 nitrogen and oxygen atoms in total. The number of benzene rings is 1. The number of amides is 1. The molecule has 0 aliphatic carbocycles. The molecular formula is C14H13FN2O2. The fraction of sp³-hybridized carbons (Fsp3) is 0.143. The Morgan fingerprint density at radius 3 is 2.68 bits per heavy atom. The van der Waals surface area contributed by atoms with Gasteiger partial charge in [-0.2, -0.15) is 0 Å². The first kappa shape index (κ1) is 13.2. The summed E-state index contributed by atoms with van der Waals surface area (Å²) in [5, 5.41) is 11.7. The fourth-order valence-corrected chi connectivity index (χ4v) is 1.59. The van der Waals surface area contributed by atoms with Crippen molar-refractivity contribution < 1.29 is 14.3 Å². The maximum absolute atomic E-state index is 12.7. The first-order valence-corrected chi connectivity index (χ1v) is 5.77. The van der Waals surface area contributed by atoms with Gasteiger partial charge in [-0.1, -0.05) is 12.1 Å². The lowest BCUT2D eigenvalue weighted by molar-refractivity contribution is 0.0950. The lowest BCUT2D eigenvalue weighted by Gasteiger charge is -2.06. The Morgan fingerprint density at radius 1 is 1.26 bits per heavy atom. The number of carbonyl (C=O) groups is 1. The van der Waals surface area contributed by atoms with Crippen molar-refractivity contribution in [3.63, 3.8) is 0 Å². The molecule has 0 spiro atoms. The molecule has 19 heavy (non-hydrogen) atoms. The molecule has 0 unspecified atom stereocenters. The minimum absolute atomic E-state index is 0.209. The van der Waals surface area contributed by atoms with Crippen molar-refractivity contribution in [1.29, 1.82) is 0 Å². The quantitative estimate of drug-likeness (QED) is 0.878. The molecule has 0 saturated heterocycles. The number of hydrogen-bond acceptors (Lipinski definition) is 3. The van der Waals surface area contributed by atoms with Gasteiger partial charge in [0.2, 0.25) is 0 Å².